The summed E-state index contributed by atoms with van der Waals surface area (Å²) in [5, 5.41) is 4.43. The van der Waals surface area contributed by atoms with E-state index in [0.29, 0.717) is 5.82 Å². The number of furan rings is 2. The highest BCUT2D eigenvalue weighted by Crippen LogP contribution is 2.44. The third-order valence-electron chi connectivity index (χ3n) is 9.92. The fourth-order valence-corrected chi connectivity index (χ4v) is 6.93. The quantitative estimate of drug-likeness (QED) is 0.190. The lowest BCUT2D eigenvalue weighted by atomic mass is 9.79. The topological polar surface area (TPSA) is 52.1 Å². The third-order valence-corrected chi connectivity index (χ3v) is 9.92. The van der Waals surface area contributed by atoms with Crippen LogP contribution in [-0.4, -0.2) is 9.97 Å². The van der Waals surface area contributed by atoms with E-state index in [1.165, 1.54) is 16.7 Å². The van der Waals surface area contributed by atoms with Crippen molar-refractivity contribution in [3.05, 3.63) is 120 Å². The zero-order valence-corrected chi connectivity index (χ0v) is 30.5. The monoisotopic (exact) mass is 656 g/mol. The Labute approximate surface area is 294 Å². The fraction of sp³-hybridized carbons (Fsp3) is 0.261. The molecule has 0 aliphatic heterocycles. The summed E-state index contributed by atoms with van der Waals surface area (Å²) in [5.41, 5.74) is 11.5. The lowest BCUT2D eigenvalue weighted by Gasteiger charge is -2.25. The molecule has 0 saturated carbocycles. The van der Waals surface area contributed by atoms with E-state index >= 15 is 0 Å². The first-order valence-corrected chi connectivity index (χ1v) is 17.6. The lowest BCUT2D eigenvalue weighted by molar-refractivity contribution is 0.559. The smallest absolute Gasteiger partial charge is 0.164 e. The van der Waals surface area contributed by atoms with Crippen molar-refractivity contribution in [1.29, 1.82) is 0 Å². The van der Waals surface area contributed by atoms with Gasteiger partial charge in [0.2, 0.25) is 0 Å². The number of hydrogen-bond acceptors (Lipinski definition) is 4. The van der Waals surface area contributed by atoms with Crippen LogP contribution in [0.15, 0.2) is 112 Å². The minimum Gasteiger partial charge on any atom is -0.456 e. The van der Waals surface area contributed by atoms with Crippen LogP contribution >= 0.6 is 0 Å². The van der Waals surface area contributed by atoms with Gasteiger partial charge in [-0.2, -0.15) is 0 Å². The molecule has 0 saturated heterocycles. The first kappa shape index (κ1) is 32.0. The van der Waals surface area contributed by atoms with Crippen molar-refractivity contribution in [3.8, 4) is 33.9 Å². The van der Waals surface area contributed by atoms with E-state index in [0.717, 1.165) is 72.0 Å². The van der Waals surface area contributed by atoms with Crippen LogP contribution in [0, 0.1) is 0 Å². The molecule has 4 nitrogen and oxygen atoms in total. The predicted molar refractivity (Wildman–Crippen MR) is 209 cm³/mol. The molecule has 0 spiro atoms. The average molecular weight is 657 g/mol. The Morgan fingerprint density at radius 2 is 1.04 bits per heavy atom. The Bertz CT molecular complexity index is 2580. The highest BCUT2D eigenvalue weighted by atomic mass is 16.3. The molecule has 0 unspecified atom stereocenters. The zero-order valence-electron chi connectivity index (χ0n) is 30.5. The van der Waals surface area contributed by atoms with Gasteiger partial charge >= 0.3 is 0 Å². The highest BCUT2D eigenvalue weighted by Gasteiger charge is 2.28. The molecule has 8 rings (SSSR count). The van der Waals surface area contributed by atoms with Gasteiger partial charge in [-0.1, -0.05) is 123 Å². The first-order valence-electron chi connectivity index (χ1n) is 17.6. The van der Waals surface area contributed by atoms with Crippen LogP contribution in [0.2, 0.25) is 0 Å². The molecule has 3 heterocycles. The highest BCUT2D eigenvalue weighted by molar-refractivity contribution is 6.11. The van der Waals surface area contributed by atoms with Gasteiger partial charge in [-0.05, 0) is 69.8 Å². The number of hydrogen-bond donors (Lipinski definition) is 0. The van der Waals surface area contributed by atoms with E-state index in [1.807, 2.05) is 24.3 Å². The van der Waals surface area contributed by atoms with Gasteiger partial charge in [0.15, 0.2) is 5.82 Å². The summed E-state index contributed by atoms with van der Waals surface area (Å²) in [6.07, 6.45) is 0. The molecule has 0 N–H and O–H groups in total. The number of rotatable bonds is 3. The van der Waals surface area contributed by atoms with Crippen molar-refractivity contribution in [2.24, 2.45) is 0 Å². The van der Waals surface area contributed by atoms with Gasteiger partial charge in [-0.15, -0.1) is 0 Å². The normalized spacial score (nSPS) is 12.9. The second-order valence-electron chi connectivity index (χ2n) is 16.8. The van der Waals surface area contributed by atoms with Crippen molar-refractivity contribution in [3.63, 3.8) is 0 Å². The summed E-state index contributed by atoms with van der Waals surface area (Å²) in [5.74, 6) is 0.634. The molecule has 5 aromatic carbocycles. The van der Waals surface area contributed by atoms with Crippen molar-refractivity contribution < 1.29 is 8.83 Å². The molecule has 0 aliphatic rings. The molecule has 0 aliphatic carbocycles. The number of benzene rings is 5. The number of aromatic nitrogens is 2. The van der Waals surface area contributed by atoms with Crippen LogP contribution in [0.4, 0.5) is 0 Å². The van der Waals surface area contributed by atoms with Gasteiger partial charge in [-0.3, -0.25) is 0 Å². The average Bonchev–Trinajstić information content (AvgIpc) is 3.64. The van der Waals surface area contributed by atoms with Crippen LogP contribution < -0.4 is 0 Å². The number of para-hydroxylation sites is 1. The molecule has 8 aromatic rings. The maximum atomic E-state index is 7.02. The first-order chi connectivity index (χ1) is 23.6. The van der Waals surface area contributed by atoms with E-state index in [2.05, 4.69) is 141 Å². The number of nitrogens with zero attached hydrogens (tertiary/aromatic N) is 2. The molecule has 0 amide bonds. The van der Waals surface area contributed by atoms with E-state index in [4.69, 9.17) is 18.8 Å². The molecule has 0 radical (unpaired) electrons. The standard InChI is InChI=1S/C46H44N2O2/c1-44(2,3)29-22-33-34-23-30(45(4,5)6)25-36(46(7,8)9)42(34)50-41(33)35(24-29)43-47-37(27-15-11-10-12-16-27)26-38(48-43)28-19-20-32-31-17-13-14-18-39(31)49-40(32)21-28/h10-26H,1-9H3. The summed E-state index contributed by atoms with van der Waals surface area (Å²) in [7, 11) is 0. The molecule has 0 atom stereocenters. The maximum absolute atomic E-state index is 7.02. The van der Waals surface area contributed by atoms with Crippen LogP contribution in [0.3, 0.4) is 0 Å². The summed E-state index contributed by atoms with van der Waals surface area (Å²) in [6, 6.07) is 36.2. The second kappa shape index (κ2) is 11.1. The van der Waals surface area contributed by atoms with Crippen LogP contribution in [0.1, 0.15) is 79.0 Å². The maximum Gasteiger partial charge on any atom is 0.164 e. The van der Waals surface area contributed by atoms with E-state index in [9.17, 15) is 0 Å². The fourth-order valence-electron chi connectivity index (χ4n) is 6.93. The van der Waals surface area contributed by atoms with E-state index in [-0.39, 0.29) is 16.2 Å². The predicted octanol–water partition coefficient (Wildman–Crippen LogP) is 13.2. The molecule has 0 bridgehead atoms. The third kappa shape index (κ3) is 5.48. The Morgan fingerprint density at radius 3 is 1.72 bits per heavy atom. The molecular weight excluding hydrogens is 613 g/mol. The Hall–Kier alpha value is -5.22. The largest absolute Gasteiger partial charge is 0.456 e. The van der Waals surface area contributed by atoms with Gasteiger partial charge < -0.3 is 8.83 Å². The lowest BCUT2D eigenvalue weighted by Crippen LogP contribution is -2.16. The summed E-state index contributed by atoms with van der Waals surface area (Å²) in [6.45, 7) is 20.4. The summed E-state index contributed by atoms with van der Waals surface area (Å²) < 4.78 is 13.3. The van der Waals surface area contributed by atoms with Crippen LogP contribution in [0.5, 0.6) is 0 Å². The second-order valence-corrected chi connectivity index (χ2v) is 16.8. The van der Waals surface area contributed by atoms with Crippen molar-refractivity contribution in [2.45, 2.75) is 78.6 Å². The Kier molecular flexibility index (Phi) is 7.14. The van der Waals surface area contributed by atoms with Gasteiger partial charge in [0.1, 0.15) is 22.3 Å². The molecule has 250 valence electrons. The minimum atomic E-state index is -0.118. The SMILES string of the molecule is CC(C)(C)c1cc(-c2nc(-c3ccccc3)cc(-c3ccc4c(c3)oc3ccccc34)n2)c2oc3c(C(C)(C)C)cc(C(C)(C)C)cc3c2c1. The summed E-state index contributed by atoms with van der Waals surface area (Å²) in [4.78, 5) is 10.6. The molecule has 3 aromatic heterocycles. The van der Waals surface area contributed by atoms with Gasteiger partial charge in [-0.25, -0.2) is 9.97 Å². The molecule has 4 heteroatoms. The van der Waals surface area contributed by atoms with Gasteiger partial charge in [0.25, 0.3) is 0 Å². The Balaban J connectivity index is 1.44. The molecular formula is C46H44N2O2. The Morgan fingerprint density at radius 1 is 0.440 bits per heavy atom. The van der Waals surface area contributed by atoms with Gasteiger partial charge in [0.05, 0.1) is 17.0 Å². The molecule has 50 heavy (non-hydrogen) atoms. The minimum absolute atomic E-state index is 0.0226. The van der Waals surface area contributed by atoms with Crippen LogP contribution in [-0.2, 0) is 16.2 Å². The number of fused-ring (bicyclic) bond motifs is 6. The zero-order chi connectivity index (χ0) is 35.2. The van der Waals surface area contributed by atoms with E-state index in [1.54, 1.807) is 0 Å². The van der Waals surface area contributed by atoms with Crippen molar-refractivity contribution >= 4 is 43.9 Å². The van der Waals surface area contributed by atoms with Crippen molar-refractivity contribution in [2.75, 3.05) is 0 Å². The van der Waals surface area contributed by atoms with E-state index < -0.39 is 0 Å². The summed E-state index contributed by atoms with van der Waals surface area (Å²) >= 11 is 0. The van der Waals surface area contributed by atoms with Crippen molar-refractivity contribution in [1.82, 2.24) is 9.97 Å². The van der Waals surface area contributed by atoms with Gasteiger partial charge in [0, 0.05) is 38.2 Å². The van der Waals surface area contributed by atoms with Crippen LogP contribution in [0.25, 0.3) is 77.8 Å². The molecule has 0 fully saturated rings.